The Labute approximate surface area is 193 Å². The summed E-state index contributed by atoms with van der Waals surface area (Å²) in [6.45, 7) is -0.0648. The molecule has 0 fully saturated rings. The van der Waals surface area contributed by atoms with Crippen LogP contribution in [0.3, 0.4) is 0 Å². The molecule has 33 heavy (non-hydrogen) atoms. The van der Waals surface area contributed by atoms with Crippen LogP contribution in [-0.4, -0.2) is 14.2 Å². The van der Waals surface area contributed by atoms with Gasteiger partial charge in [-0.05, 0) is 48.0 Å². The van der Waals surface area contributed by atoms with E-state index in [0.29, 0.717) is 10.6 Å². The van der Waals surface area contributed by atoms with Gasteiger partial charge in [-0.3, -0.25) is 9.10 Å². The predicted molar refractivity (Wildman–Crippen MR) is 120 cm³/mol. The minimum absolute atomic E-state index is 0.0107. The molecule has 0 unspecified atom stereocenters. The molecule has 1 aliphatic rings. The highest BCUT2D eigenvalue weighted by molar-refractivity contribution is 7.97. The summed E-state index contributed by atoms with van der Waals surface area (Å²) in [5, 5.41) is 3.02. The lowest BCUT2D eigenvalue weighted by molar-refractivity contribution is -0.137. The van der Waals surface area contributed by atoms with Gasteiger partial charge in [0.2, 0.25) is 5.78 Å². The highest BCUT2D eigenvalue weighted by Gasteiger charge is 2.40. The van der Waals surface area contributed by atoms with Gasteiger partial charge in [0.1, 0.15) is 0 Å². The van der Waals surface area contributed by atoms with Gasteiger partial charge in [0.15, 0.2) is 4.91 Å². The first kappa shape index (κ1) is 22.9. The van der Waals surface area contributed by atoms with Crippen LogP contribution in [0.25, 0.3) is 0 Å². The van der Waals surface area contributed by atoms with Crippen LogP contribution in [-0.2, 0) is 22.7 Å². The fourth-order valence-electron chi connectivity index (χ4n) is 3.38. The molecule has 3 aromatic rings. The van der Waals surface area contributed by atoms with Crippen molar-refractivity contribution in [2.75, 3.05) is 9.62 Å². The molecule has 0 saturated heterocycles. The number of hydrogen-bond donors (Lipinski definition) is 1. The lowest BCUT2D eigenvalue weighted by Gasteiger charge is -2.31. The van der Waals surface area contributed by atoms with Crippen LogP contribution in [0.4, 0.5) is 24.5 Å². The van der Waals surface area contributed by atoms with Gasteiger partial charge in [0.05, 0.1) is 17.8 Å². The number of alkyl halides is 3. The second kappa shape index (κ2) is 8.57. The third-order valence-corrected chi connectivity index (χ3v) is 7.03. The summed E-state index contributed by atoms with van der Waals surface area (Å²) in [5.74, 6) is -0.752. The lowest BCUT2D eigenvalue weighted by atomic mass is 10.1. The molecular formula is C23H16ClF3N2O3S. The zero-order chi connectivity index (χ0) is 23.8. The molecule has 170 valence electrons. The Hall–Kier alpha value is -3.30. The smallest absolute Gasteiger partial charge is 0.360 e. The van der Waals surface area contributed by atoms with E-state index in [9.17, 15) is 26.4 Å². The summed E-state index contributed by atoms with van der Waals surface area (Å²) in [5.41, 5.74) is 0.103. The molecule has 0 aliphatic carbocycles. The summed E-state index contributed by atoms with van der Waals surface area (Å²) in [4.78, 5) is 12.4. The number of benzene rings is 3. The van der Waals surface area contributed by atoms with Gasteiger partial charge in [-0.15, -0.1) is 0 Å². The van der Waals surface area contributed by atoms with Gasteiger partial charge in [-0.25, -0.2) is 8.42 Å². The average molecular weight is 493 g/mol. The van der Waals surface area contributed by atoms with Crippen molar-refractivity contribution in [1.82, 2.24) is 0 Å². The van der Waals surface area contributed by atoms with Crippen LogP contribution < -0.4 is 9.62 Å². The Morgan fingerprint density at radius 1 is 0.970 bits per heavy atom. The van der Waals surface area contributed by atoms with E-state index in [1.807, 2.05) is 0 Å². The highest BCUT2D eigenvalue weighted by atomic mass is 35.5. The number of para-hydroxylation sites is 1. The number of carbonyl (C=O) groups excluding carboxylic acids is 1. The minimum Gasteiger partial charge on any atom is -0.360 e. The van der Waals surface area contributed by atoms with Crippen molar-refractivity contribution < 1.29 is 26.4 Å². The molecule has 5 nitrogen and oxygen atoms in total. The molecule has 1 N–H and O–H groups in total. The molecule has 0 atom stereocenters. The number of nitrogens with one attached hydrogen (secondary N) is 1. The summed E-state index contributed by atoms with van der Waals surface area (Å²) < 4.78 is 66.8. The fourth-order valence-corrected chi connectivity index (χ4v) is 5.03. The molecule has 3 aromatic carbocycles. The minimum atomic E-state index is -4.56. The maximum absolute atomic E-state index is 13.4. The molecule has 0 saturated carbocycles. The molecule has 4 rings (SSSR count). The van der Waals surface area contributed by atoms with Crippen molar-refractivity contribution in [2.24, 2.45) is 0 Å². The van der Waals surface area contributed by atoms with E-state index in [-0.39, 0.29) is 23.5 Å². The molecule has 0 spiro atoms. The first-order chi connectivity index (χ1) is 15.6. The second-order valence-corrected chi connectivity index (χ2v) is 9.48. The molecule has 1 heterocycles. The van der Waals surface area contributed by atoms with Gasteiger partial charge < -0.3 is 5.32 Å². The van der Waals surface area contributed by atoms with E-state index < -0.39 is 32.5 Å². The van der Waals surface area contributed by atoms with E-state index in [2.05, 4.69) is 5.32 Å². The lowest BCUT2D eigenvalue weighted by Crippen LogP contribution is -2.39. The first-order valence-corrected chi connectivity index (χ1v) is 11.4. The average Bonchev–Trinajstić information content (AvgIpc) is 2.77. The zero-order valence-corrected chi connectivity index (χ0v) is 18.4. The second-order valence-electron chi connectivity index (χ2n) is 7.22. The van der Waals surface area contributed by atoms with Gasteiger partial charge in [-0.1, -0.05) is 41.9 Å². The zero-order valence-electron chi connectivity index (χ0n) is 16.8. The van der Waals surface area contributed by atoms with E-state index in [1.165, 1.54) is 24.3 Å². The Morgan fingerprint density at radius 3 is 2.36 bits per heavy atom. The van der Waals surface area contributed by atoms with Gasteiger partial charge in [-0.2, -0.15) is 13.2 Å². The monoisotopic (exact) mass is 492 g/mol. The largest absolute Gasteiger partial charge is 0.416 e. The van der Waals surface area contributed by atoms with Crippen LogP contribution in [0.1, 0.15) is 21.5 Å². The standard InChI is InChI=1S/C23H16ClF3N2O3S/c24-17-10-8-15(9-11-17)14-29-20-7-2-1-6-19(20)22(30)21(33(29,31)32)13-28-18-5-3-4-16(12-18)23(25,26)27/h1-13,28H,14H2. The Balaban J connectivity index is 1.74. The topological polar surface area (TPSA) is 66.5 Å². The molecule has 0 radical (unpaired) electrons. The van der Waals surface area contributed by atoms with Crippen molar-refractivity contribution in [3.05, 3.63) is 106 Å². The molecule has 0 aromatic heterocycles. The van der Waals surface area contributed by atoms with Crippen molar-refractivity contribution in [1.29, 1.82) is 0 Å². The number of anilines is 2. The number of nitrogens with zero attached hydrogens (tertiary/aromatic N) is 1. The molecule has 0 bridgehead atoms. The number of halogens is 4. The number of rotatable bonds is 4. The molecule has 10 heteroatoms. The number of carbonyl (C=O) groups is 1. The van der Waals surface area contributed by atoms with Crippen molar-refractivity contribution in [3.8, 4) is 0 Å². The summed E-state index contributed by atoms with van der Waals surface area (Å²) >= 11 is 5.91. The summed E-state index contributed by atoms with van der Waals surface area (Å²) in [6, 6.07) is 17.1. The Morgan fingerprint density at radius 2 is 1.67 bits per heavy atom. The van der Waals surface area contributed by atoms with Gasteiger partial charge >= 0.3 is 6.18 Å². The summed E-state index contributed by atoms with van der Waals surface area (Å²) in [6.07, 6.45) is -3.64. The van der Waals surface area contributed by atoms with Crippen LogP contribution in [0.2, 0.25) is 5.02 Å². The normalized spacial score (nSPS) is 16.5. The maximum Gasteiger partial charge on any atom is 0.416 e. The van der Waals surface area contributed by atoms with E-state index in [4.69, 9.17) is 11.6 Å². The van der Waals surface area contributed by atoms with Crippen LogP contribution in [0.15, 0.2) is 83.9 Å². The van der Waals surface area contributed by atoms with Crippen molar-refractivity contribution in [2.45, 2.75) is 12.7 Å². The number of Topliss-reactive ketones (excluding diaryl/α,β-unsaturated/α-hetero) is 1. The first-order valence-electron chi connectivity index (χ1n) is 9.62. The SMILES string of the molecule is O=C1C(=CNc2cccc(C(F)(F)F)c2)S(=O)(=O)N(Cc2ccc(Cl)cc2)c2ccccc21. The van der Waals surface area contributed by atoms with Gasteiger partial charge in [0, 0.05) is 22.5 Å². The van der Waals surface area contributed by atoms with Gasteiger partial charge in [0.25, 0.3) is 10.0 Å². The van der Waals surface area contributed by atoms with Crippen LogP contribution in [0, 0.1) is 0 Å². The fraction of sp³-hybridized carbons (Fsp3) is 0.0870. The third-order valence-electron chi connectivity index (χ3n) is 5.01. The van der Waals surface area contributed by atoms with E-state index >= 15 is 0 Å². The number of sulfonamides is 1. The van der Waals surface area contributed by atoms with Crippen molar-refractivity contribution in [3.63, 3.8) is 0 Å². The quantitative estimate of drug-likeness (QED) is 0.464. The molecular weight excluding hydrogens is 477 g/mol. The Kier molecular flexibility index (Phi) is 5.94. The molecule has 1 aliphatic heterocycles. The number of allylic oxidation sites excluding steroid dienone is 1. The highest BCUT2D eigenvalue weighted by Crippen LogP contribution is 2.36. The van der Waals surface area contributed by atoms with E-state index in [0.717, 1.165) is 22.6 Å². The van der Waals surface area contributed by atoms with E-state index in [1.54, 1.807) is 36.4 Å². The number of fused-ring (bicyclic) bond motifs is 1. The van der Waals surface area contributed by atoms with Crippen LogP contribution >= 0.6 is 11.6 Å². The maximum atomic E-state index is 13.4. The predicted octanol–water partition coefficient (Wildman–Crippen LogP) is 5.85. The molecule has 0 amide bonds. The van der Waals surface area contributed by atoms with Crippen LogP contribution in [0.5, 0.6) is 0 Å². The number of hydrogen-bond acceptors (Lipinski definition) is 4. The summed E-state index contributed by atoms with van der Waals surface area (Å²) in [7, 11) is -4.32. The Bertz CT molecular complexity index is 1350. The third kappa shape index (κ3) is 4.60. The van der Waals surface area contributed by atoms with Crippen molar-refractivity contribution >= 4 is 38.8 Å². The number of ketones is 1.